The number of hydrogen-bond acceptors (Lipinski definition) is 4. The zero-order chi connectivity index (χ0) is 21.0. The molecule has 0 saturated heterocycles. The molecule has 0 bridgehead atoms. The van der Waals surface area contributed by atoms with Crippen LogP contribution < -0.4 is 0 Å². The van der Waals surface area contributed by atoms with Crippen LogP contribution in [-0.2, 0) is 13.0 Å². The molecule has 0 radical (unpaired) electrons. The summed E-state index contributed by atoms with van der Waals surface area (Å²) in [7, 11) is 0. The van der Waals surface area contributed by atoms with Crippen molar-refractivity contribution in [3.63, 3.8) is 0 Å². The molecule has 0 aliphatic carbocycles. The van der Waals surface area contributed by atoms with Crippen molar-refractivity contribution >= 4 is 11.8 Å². The molecule has 1 N–H and O–H groups in total. The Morgan fingerprint density at radius 1 is 1.07 bits per heavy atom. The molecule has 1 aromatic heterocycles. The van der Waals surface area contributed by atoms with Crippen LogP contribution in [0.2, 0.25) is 0 Å². The average molecular weight is 391 g/mol. The molecule has 3 aromatic rings. The first kappa shape index (κ1) is 20.5. The fourth-order valence-electron chi connectivity index (χ4n) is 3.18. The molecule has 29 heavy (non-hydrogen) atoms. The summed E-state index contributed by atoms with van der Waals surface area (Å²) in [6.45, 7) is 6.70. The van der Waals surface area contributed by atoms with E-state index in [1.165, 1.54) is 0 Å². The predicted octanol–water partition coefficient (Wildman–Crippen LogP) is 4.48. The molecule has 3 rings (SSSR count). The summed E-state index contributed by atoms with van der Waals surface area (Å²) in [6, 6.07) is 14.7. The first-order chi connectivity index (χ1) is 13.9. The number of carbonyl (C=O) groups excluding carboxylic acids is 1. The summed E-state index contributed by atoms with van der Waals surface area (Å²) in [5.74, 6) is 0.410. The Morgan fingerprint density at radius 3 is 2.38 bits per heavy atom. The molecule has 0 unspecified atom stereocenters. The maximum atomic E-state index is 12.0. The zero-order valence-corrected chi connectivity index (χ0v) is 16.9. The molecule has 0 amide bonds. The van der Waals surface area contributed by atoms with Crippen LogP contribution in [0.25, 0.3) is 11.1 Å². The number of carbonyl (C=O) groups is 2. The second kappa shape index (κ2) is 8.82. The molecule has 0 aliphatic rings. The Kier molecular flexibility index (Phi) is 6.22. The minimum atomic E-state index is -0.945. The average Bonchev–Trinajstić information content (AvgIpc) is 3.09. The molecule has 0 atom stereocenters. The molecule has 150 valence electrons. The highest BCUT2D eigenvalue weighted by Crippen LogP contribution is 2.24. The van der Waals surface area contributed by atoms with Crippen LogP contribution in [-0.4, -0.2) is 31.6 Å². The molecular weight excluding hydrogens is 366 g/mol. The third-order valence-corrected chi connectivity index (χ3v) is 4.64. The summed E-state index contributed by atoms with van der Waals surface area (Å²) in [4.78, 5) is 28.0. The minimum absolute atomic E-state index is 0.0608. The Bertz CT molecular complexity index is 1020. The molecule has 0 aliphatic heterocycles. The lowest BCUT2D eigenvalue weighted by Crippen LogP contribution is -2.11. The van der Waals surface area contributed by atoms with Crippen molar-refractivity contribution in [2.24, 2.45) is 5.92 Å². The van der Waals surface area contributed by atoms with Gasteiger partial charge in [0.05, 0.1) is 5.56 Å². The Labute approximate surface area is 170 Å². The van der Waals surface area contributed by atoms with Crippen molar-refractivity contribution in [3.8, 4) is 11.1 Å². The molecule has 1 heterocycles. The zero-order valence-electron chi connectivity index (χ0n) is 16.9. The first-order valence-corrected chi connectivity index (χ1v) is 9.77. The summed E-state index contributed by atoms with van der Waals surface area (Å²) in [5.41, 5.74) is 2.83. The lowest BCUT2D eigenvalue weighted by molar-refractivity contribution is 0.0697. The lowest BCUT2D eigenvalue weighted by Gasteiger charge is -2.10. The number of carboxylic acid groups (broad SMARTS) is 1. The molecule has 0 saturated carbocycles. The number of aromatic carboxylic acids is 1. The number of rotatable bonds is 8. The Hall–Kier alpha value is -3.28. The van der Waals surface area contributed by atoms with E-state index in [1.807, 2.05) is 35.0 Å². The third-order valence-electron chi connectivity index (χ3n) is 4.64. The van der Waals surface area contributed by atoms with Gasteiger partial charge in [0, 0.05) is 19.4 Å². The van der Waals surface area contributed by atoms with Gasteiger partial charge in [-0.05, 0) is 28.7 Å². The van der Waals surface area contributed by atoms with E-state index in [1.54, 1.807) is 25.1 Å². The van der Waals surface area contributed by atoms with Crippen molar-refractivity contribution in [2.75, 3.05) is 0 Å². The SMILES string of the molecule is CCC(=O)c1nc(Cc2ccc(-c3ccccc3C(=O)O)cc2)n(CC(C)C)n1. The van der Waals surface area contributed by atoms with E-state index in [-0.39, 0.29) is 17.2 Å². The normalized spacial score (nSPS) is 11.0. The first-order valence-electron chi connectivity index (χ1n) is 9.77. The number of aromatic nitrogens is 3. The minimum Gasteiger partial charge on any atom is -0.478 e. The van der Waals surface area contributed by atoms with Crippen molar-refractivity contribution in [2.45, 2.75) is 40.2 Å². The van der Waals surface area contributed by atoms with Crippen LogP contribution in [0.15, 0.2) is 48.5 Å². The van der Waals surface area contributed by atoms with Crippen LogP contribution in [0, 0.1) is 5.92 Å². The topological polar surface area (TPSA) is 85.1 Å². The number of benzene rings is 2. The van der Waals surface area contributed by atoms with Gasteiger partial charge in [-0.3, -0.25) is 4.79 Å². The van der Waals surface area contributed by atoms with E-state index >= 15 is 0 Å². The van der Waals surface area contributed by atoms with Crippen LogP contribution in [0.1, 0.15) is 59.6 Å². The summed E-state index contributed by atoms with van der Waals surface area (Å²) >= 11 is 0. The van der Waals surface area contributed by atoms with Crippen molar-refractivity contribution < 1.29 is 14.7 Å². The second-order valence-electron chi connectivity index (χ2n) is 7.43. The van der Waals surface area contributed by atoms with Gasteiger partial charge in [0.2, 0.25) is 11.6 Å². The van der Waals surface area contributed by atoms with Gasteiger partial charge < -0.3 is 5.11 Å². The number of hydrogen-bond donors (Lipinski definition) is 1. The lowest BCUT2D eigenvalue weighted by atomic mass is 9.98. The van der Waals surface area contributed by atoms with E-state index in [9.17, 15) is 14.7 Å². The largest absolute Gasteiger partial charge is 0.478 e. The van der Waals surface area contributed by atoms with Crippen molar-refractivity contribution in [1.29, 1.82) is 0 Å². The van der Waals surface area contributed by atoms with Crippen LogP contribution >= 0.6 is 0 Å². The van der Waals surface area contributed by atoms with Crippen molar-refractivity contribution in [1.82, 2.24) is 14.8 Å². The predicted molar refractivity (Wildman–Crippen MR) is 111 cm³/mol. The maximum absolute atomic E-state index is 12.0. The molecule has 0 fully saturated rings. The smallest absolute Gasteiger partial charge is 0.336 e. The van der Waals surface area contributed by atoms with E-state index in [2.05, 4.69) is 23.9 Å². The number of nitrogens with zero attached hydrogens (tertiary/aromatic N) is 3. The van der Waals surface area contributed by atoms with Gasteiger partial charge in [0.1, 0.15) is 5.82 Å². The second-order valence-corrected chi connectivity index (χ2v) is 7.43. The highest BCUT2D eigenvalue weighted by Gasteiger charge is 2.16. The van der Waals surface area contributed by atoms with Crippen LogP contribution in [0.5, 0.6) is 0 Å². The van der Waals surface area contributed by atoms with Crippen LogP contribution in [0.3, 0.4) is 0 Å². The Balaban J connectivity index is 1.87. The molecule has 0 spiro atoms. The van der Waals surface area contributed by atoms with Gasteiger partial charge in [-0.2, -0.15) is 0 Å². The van der Waals surface area contributed by atoms with Gasteiger partial charge in [-0.25, -0.2) is 14.5 Å². The van der Waals surface area contributed by atoms with Crippen LogP contribution in [0.4, 0.5) is 0 Å². The summed E-state index contributed by atoms with van der Waals surface area (Å²) in [5, 5.41) is 13.8. The highest BCUT2D eigenvalue weighted by atomic mass is 16.4. The third kappa shape index (κ3) is 4.77. The quantitative estimate of drug-likeness (QED) is 0.572. The molecule has 6 nitrogen and oxygen atoms in total. The maximum Gasteiger partial charge on any atom is 0.336 e. The van der Waals surface area contributed by atoms with Gasteiger partial charge in [-0.15, -0.1) is 5.10 Å². The summed E-state index contributed by atoms with van der Waals surface area (Å²) < 4.78 is 1.82. The Morgan fingerprint density at radius 2 is 1.76 bits per heavy atom. The molecular formula is C23H25N3O3. The van der Waals surface area contributed by atoms with E-state index in [0.717, 1.165) is 17.0 Å². The molecule has 6 heteroatoms. The fraction of sp³-hybridized carbons (Fsp3) is 0.304. The van der Waals surface area contributed by atoms with E-state index in [0.29, 0.717) is 30.9 Å². The molecule has 2 aromatic carbocycles. The van der Waals surface area contributed by atoms with E-state index in [4.69, 9.17) is 0 Å². The fourth-order valence-corrected chi connectivity index (χ4v) is 3.18. The van der Waals surface area contributed by atoms with E-state index < -0.39 is 5.97 Å². The monoisotopic (exact) mass is 391 g/mol. The highest BCUT2D eigenvalue weighted by molar-refractivity contribution is 5.96. The standard InChI is InChI=1S/C23H25N3O3/c1-4-20(27)22-24-21(26(25-22)14-15(2)3)13-16-9-11-17(12-10-16)18-7-5-6-8-19(18)23(28)29/h5-12,15H,4,13-14H2,1-3H3,(H,28,29). The summed E-state index contributed by atoms with van der Waals surface area (Å²) in [6.07, 6.45) is 0.931. The number of Topliss-reactive ketones (excluding diaryl/α,β-unsaturated/α-hetero) is 1. The van der Waals surface area contributed by atoms with Gasteiger partial charge in [-0.1, -0.05) is 63.2 Å². The van der Waals surface area contributed by atoms with Gasteiger partial charge in [0.15, 0.2) is 0 Å². The van der Waals surface area contributed by atoms with Gasteiger partial charge >= 0.3 is 5.97 Å². The number of ketones is 1. The number of carboxylic acids is 1. The van der Waals surface area contributed by atoms with Crippen molar-refractivity contribution in [3.05, 3.63) is 71.3 Å². The van der Waals surface area contributed by atoms with Gasteiger partial charge in [0.25, 0.3) is 0 Å².